The maximum absolute atomic E-state index is 11.9. The molecule has 1 aliphatic rings. The van der Waals surface area contributed by atoms with Crippen LogP contribution in [0.4, 0.5) is 0 Å². The highest BCUT2D eigenvalue weighted by Gasteiger charge is 2.36. The van der Waals surface area contributed by atoms with E-state index in [1.54, 1.807) is 0 Å². The third-order valence-corrected chi connectivity index (χ3v) is 4.68. The number of guanidine groups is 1. The van der Waals surface area contributed by atoms with E-state index in [0.717, 1.165) is 25.6 Å². The number of carbonyl (C=O) groups excluding carboxylic acids is 1. The largest absolute Gasteiger partial charge is 0.469 e. The van der Waals surface area contributed by atoms with Crippen molar-refractivity contribution in [2.75, 3.05) is 40.8 Å². The molecule has 2 unspecified atom stereocenters. The summed E-state index contributed by atoms with van der Waals surface area (Å²) < 4.78 is 4.93. The van der Waals surface area contributed by atoms with E-state index in [9.17, 15) is 4.79 Å². The lowest BCUT2D eigenvalue weighted by Crippen LogP contribution is -2.40. The van der Waals surface area contributed by atoms with Crippen LogP contribution in [0.1, 0.15) is 25.0 Å². The van der Waals surface area contributed by atoms with Gasteiger partial charge in [-0.25, -0.2) is 4.99 Å². The number of halogens is 1. The maximum atomic E-state index is 11.9. The fourth-order valence-electron chi connectivity index (χ4n) is 3.31. The molecule has 0 radical (unpaired) electrons. The number of hydrogen-bond acceptors (Lipinski definition) is 4. The van der Waals surface area contributed by atoms with E-state index in [1.165, 1.54) is 18.2 Å². The van der Waals surface area contributed by atoms with Gasteiger partial charge in [0, 0.05) is 26.2 Å². The van der Waals surface area contributed by atoms with Gasteiger partial charge in [-0.05, 0) is 38.1 Å². The number of rotatable bonds is 6. The van der Waals surface area contributed by atoms with Gasteiger partial charge in [-0.3, -0.25) is 4.79 Å². The predicted molar refractivity (Wildman–Crippen MR) is 120 cm³/mol. The first kappa shape index (κ1) is 23.7. The van der Waals surface area contributed by atoms with Crippen molar-refractivity contribution in [1.29, 1.82) is 0 Å². The molecule has 0 amide bonds. The lowest BCUT2D eigenvalue weighted by molar-refractivity contribution is -0.145. The SMILES string of the molecule is CCNC(=NCc1ccc(CN(C)C)cc1)N1CC(C)C(C(=O)OC)C1.I. The van der Waals surface area contributed by atoms with Crippen molar-refractivity contribution < 1.29 is 9.53 Å². The van der Waals surface area contributed by atoms with E-state index in [-0.39, 0.29) is 41.8 Å². The van der Waals surface area contributed by atoms with E-state index >= 15 is 0 Å². The number of aliphatic imine (C=N–C) groups is 1. The van der Waals surface area contributed by atoms with Crippen LogP contribution in [0, 0.1) is 11.8 Å². The van der Waals surface area contributed by atoms with Gasteiger partial charge in [-0.15, -0.1) is 24.0 Å². The number of benzene rings is 1. The Bertz CT molecular complexity index is 619. The zero-order chi connectivity index (χ0) is 19.1. The Morgan fingerprint density at radius 2 is 1.89 bits per heavy atom. The first-order valence-electron chi connectivity index (χ1n) is 9.28. The molecule has 7 heteroatoms. The quantitative estimate of drug-likeness (QED) is 0.289. The molecule has 1 aromatic rings. The second kappa shape index (κ2) is 11.5. The highest BCUT2D eigenvalue weighted by Crippen LogP contribution is 2.24. The van der Waals surface area contributed by atoms with Gasteiger partial charge in [-0.2, -0.15) is 0 Å². The molecule has 0 saturated carbocycles. The van der Waals surface area contributed by atoms with Crippen LogP contribution in [0.25, 0.3) is 0 Å². The number of nitrogens with one attached hydrogen (secondary N) is 1. The minimum absolute atomic E-state index is 0. The van der Waals surface area contributed by atoms with Crippen molar-refractivity contribution in [1.82, 2.24) is 15.1 Å². The van der Waals surface area contributed by atoms with Crippen molar-refractivity contribution >= 4 is 35.9 Å². The number of esters is 1. The highest BCUT2D eigenvalue weighted by molar-refractivity contribution is 14.0. The van der Waals surface area contributed by atoms with Crippen molar-refractivity contribution in [2.45, 2.75) is 26.9 Å². The third-order valence-electron chi connectivity index (χ3n) is 4.68. The zero-order valence-corrected chi connectivity index (χ0v) is 19.4. The average molecular weight is 488 g/mol. The molecule has 1 fully saturated rings. The molecule has 0 aliphatic carbocycles. The molecule has 0 spiro atoms. The van der Waals surface area contributed by atoms with Crippen LogP contribution in [0.2, 0.25) is 0 Å². The topological polar surface area (TPSA) is 57.2 Å². The Hall–Kier alpha value is -1.35. The maximum Gasteiger partial charge on any atom is 0.310 e. The average Bonchev–Trinajstić information content (AvgIpc) is 3.00. The highest BCUT2D eigenvalue weighted by atomic mass is 127. The van der Waals surface area contributed by atoms with Gasteiger partial charge < -0.3 is 19.9 Å². The van der Waals surface area contributed by atoms with Crippen LogP contribution in [0.3, 0.4) is 0 Å². The molecule has 2 atom stereocenters. The molecule has 6 nitrogen and oxygen atoms in total. The van der Waals surface area contributed by atoms with Crippen molar-refractivity contribution in [3.8, 4) is 0 Å². The van der Waals surface area contributed by atoms with Crippen LogP contribution in [-0.4, -0.2) is 62.6 Å². The predicted octanol–water partition coefficient (Wildman–Crippen LogP) is 2.57. The van der Waals surface area contributed by atoms with Crippen LogP contribution in [-0.2, 0) is 22.6 Å². The molecule has 0 aromatic heterocycles. The Balaban J connectivity index is 0.00000364. The Morgan fingerprint density at radius 1 is 1.26 bits per heavy atom. The summed E-state index contributed by atoms with van der Waals surface area (Å²) in [4.78, 5) is 21.0. The summed E-state index contributed by atoms with van der Waals surface area (Å²) in [5.41, 5.74) is 2.48. The minimum atomic E-state index is -0.132. The van der Waals surface area contributed by atoms with E-state index < -0.39 is 0 Å². The molecule has 0 bridgehead atoms. The molecular formula is C20H33IN4O2. The van der Waals surface area contributed by atoms with Gasteiger partial charge >= 0.3 is 5.97 Å². The summed E-state index contributed by atoms with van der Waals surface area (Å²) in [5.74, 6) is 0.904. The Morgan fingerprint density at radius 3 is 2.44 bits per heavy atom. The minimum Gasteiger partial charge on any atom is -0.469 e. The molecule has 1 aromatic carbocycles. The van der Waals surface area contributed by atoms with Crippen molar-refractivity contribution in [3.05, 3.63) is 35.4 Å². The summed E-state index contributed by atoms with van der Waals surface area (Å²) >= 11 is 0. The van der Waals surface area contributed by atoms with Gasteiger partial charge in [0.1, 0.15) is 0 Å². The van der Waals surface area contributed by atoms with Gasteiger partial charge in [0.25, 0.3) is 0 Å². The fraction of sp³-hybridized carbons (Fsp3) is 0.600. The summed E-state index contributed by atoms with van der Waals surface area (Å²) in [6, 6.07) is 8.58. The van der Waals surface area contributed by atoms with Crippen LogP contribution < -0.4 is 5.32 Å². The van der Waals surface area contributed by atoms with Crippen molar-refractivity contribution in [3.63, 3.8) is 0 Å². The normalized spacial score (nSPS) is 19.8. The molecule has 1 aliphatic heterocycles. The van der Waals surface area contributed by atoms with Crippen molar-refractivity contribution in [2.24, 2.45) is 16.8 Å². The molecule has 27 heavy (non-hydrogen) atoms. The smallest absolute Gasteiger partial charge is 0.310 e. The fourth-order valence-corrected chi connectivity index (χ4v) is 3.31. The lowest BCUT2D eigenvalue weighted by atomic mass is 9.99. The Labute approximate surface area is 180 Å². The number of ether oxygens (including phenoxy) is 1. The third kappa shape index (κ3) is 6.95. The monoisotopic (exact) mass is 488 g/mol. The summed E-state index contributed by atoms with van der Waals surface area (Å²) in [7, 11) is 5.59. The van der Waals surface area contributed by atoms with Crippen LogP contribution in [0.15, 0.2) is 29.3 Å². The first-order chi connectivity index (χ1) is 12.4. The van der Waals surface area contributed by atoms with Crippen LogP contribution >= 0.6 is 24.0 Å². The lowest BCUT2D eigenvalue weighted by Gasteiger charge is -2.21. The number of methoxy groups -OCH3 is 1. The Kier molecular flexibility index (Phi) is 10.1. The number of carbonyl (C=O) groups is 1. The number of hydrogen-bond donors (Lipinski definition) is 1. The zero-order valence-electron chi connectivity index (χ0n) is 17.1. The standard InChI is InChI=1S/C20H32N4O2.HI/c1-6-21-20(24-12-15(2)18(14-24)19(25)26-5)22-11-16-7-9-17(10-8-16)13-23(3)4;/h7-10,15,18H,6,11-14H2,1-5H3,(H,21,22);1H. The number of likely N-dealkylation sites (tertiary alicyclic amines) is 1. The molecule has 1 heterocycles. The summed E-state index contributed by atoms with van der Waals surface area (Å²) in [5, 5.41) is 3.35. The van der Waals surface area contributed by atoms with E-state index in [1.807, 2.05) is 0 Å². The second-order valence-corrected chi connectivity index (χ2v) is 7.24. The molecule has 1 N–H and O–H groups in total. The van der Waals surface area contributed by atoms with Gasteiger partial charge in [0.2, 0.25) is 0 Å². The van der Waals surface area contributed by atoms with Gasteiger partial charge in [0.15, 0.2) is 5.96 Å². The molecule has 2 rings (SSSR count). The summed E-state index contributed by atoms with van der Waals surface area (Å²) in [6.45, 7) is 7.98. The van der Waals surface area contributed by atoms with E-state index in [0.29, 0.717) is 13.1 Å². The first-order valence-corrected chi connectivity index (χ1v) is 9.28. The van der Waals surface area contributed by atoms with Gasteiger partial charge in [-0.1, -0.05) is 31.2 Å². The second-order valence-electron chi connectivity index (χ2n) is 7.24. The van der Waals surface area contributed by atoms with E-state index in [4.69, 9.17) is 9.73 Å². The van der Waals surface area contributed by atoms with Crippen LogP contribution in [0.5, 0.6) is 0 Å². The van der Waals surface area contributed by atoms with E-state index in [2.05, 4.69) is 67.3 Å². The number of nitrogens with zero attached hydrogens (tertiary/aromatic N) is 3. The summed E-state index contributed by atoms with van der Waals surface area (Å²) in [6.07, 6.45) is 0. The molecular weight excluding hydrogens is 455 g/mol. The molecule has 1 saturated heterocycles. The van der Waals surface area contributed by atoms with Gasteiger partial charge in [0.05, 0.1) is 19.6 Å². The molecule has 152 valence electrons.